The Labute approximate surface area is 123 Å². The van der Waals surface area contributed by atoms with Crippen molar-refractivity contribution in [1.82, 2.24) is 4.98 Å². The molecular formula is C12H12N2O2S3. The average Bonchev–Trinajstić information content (AvgIpc) is 2.85. The zero-order valence-electron chi connectivity index (χ0n) is 10.2. The van der Waals surface area contributed by atoms with Crippen molar-refractivity contribution in [3.05, 3.63) is 35.5 Å². The fraction of sp³-hybridized carbons (Fsp3) is 0.167. The second-order valence-electron chi connectivity index (χ2n) is 3.46. The fourth-order valence-corrected chi connectivity index (χ4v) is 3.62. The molecule has 2 N–H and O–H groups in total. The van der Waals surface area contributed by atoms with Gasteiger partial charge in [0.2, 0.25) is 0 Å². The first-order chi connectivity index (χ1) is 9.17. The lowest BCUT2D eigenvalue weighted by molar-refractivity contribution is 0.150. The van der Waals surface area contributed by atoms with Crippen LogP contribution in [0.2, 0.25) is 0 Å². The number of carbonyl (C=O) groups is 1. The lowest BCUT2D eigenvalue weighted by atomic mass is 10.4. The van der Waals surface area contributed by atoms with Gasteiger partial charge < -0.3 is 10.5 Å². The molecule has 1 amide bonds. The predicted octanol–water partition coefficient (Wildman–Crippen LogP) is 3.61. The maximum atomic E-state index is 10.5. The van der Waals surface area contributed by atoms with E-state index in [9.17, 15) is 4.79 Å². The number of carbonyl (C=O) groups excluding carboxylic acids is 1. The Balaban J connectivity index is 1.96. The summed E-state index contributed by atoms with van der Waals surface area (Å²) in [6.45, 7) is 0.131. The van der Waals surface area contributed by atoms with E-state index >= 15 is 0 Å². The summed E-state index contributed by atoms with van der Waals surface area (Å²) in [5.41, 5.74) is 4.91. The molecule has 0 atom stereocenters. The molecular weight excluding hydrogens is 300 g/mol. The molecule has 0 saturated carbocycles. The number of thioether (sulfide) groups is 1. The van der Waals surface area contributed by atoms with Crippen molar-refractivity contribution in [1.29, 1.82) is 0 Å². The van der Waals surface area contributed by atoms with Crippen LogP contribution in [0.25, 0.3) is 0 Å². The molecule has 0 spiro atoms. The molecule has 0 unspecified atom stereocenters. The Morgan fingerprint density at radius 2 is 2.05 bits per heavy atom. The highest BCUT2D eigenvalue weighted by Gasteiger charge is 2.05. The molecule has 1 heterocycles. The van der Waals surface area contributed by atoms with E-state index in [1.807, 2.05) is 0 Å². The third kappa shape index (κ3) is 4.45. The van der Waals surface area contributed by atoms with Crippen LogP contribution < -0.4 is 5.73 Å². The van der Waals surface area contributed by atoms with Crippen molar-refractivity contribution in [3.63, 3.8) is 0 Å². The van der Waals surface area contributed by atoms with Gasteiger partial charge in [0, 0.05) is 9.79 Å². The smallest absolute Gasteiger partial charge is 0.404 e. The largest absolute Gasteiger partial charge is 0.442 e. The van der Waals surface area contributed by atoms with Gasteiger partial charge in [-0.1, -0.05) is 11.8 Å². The van der Waals surface area contributed by atoms with Crippen molar-refractivity contribution in [2.45, 2.75) is 20.6 Å². The number of nitrogens with two attached hydrogens (primary N) is 1. The van der Waals surface area contributed by atoms with Crippen LogP contribution in [0.1, 0.15) is 5.01 Å². The van der Waals surface area contributed by atoms with Gasteiger partial charge in [0.25, 0.3) is 0 Å². The third-order valence-electron chi connectivity index (χ3n) is 2.15. The molecule has 19 heavy (non-hydrogen) atoms. The van der Waals surface area contributed by atoms with E-state index in [2.05, 4.69) is 35.5 Å². The Hall–Kier alpha value is -1.18. The zero-order valence-corrected chi connectivity index (χ0v) is 12.6. The average molecular weight is 312 g/mol. The number of nitrogens with zero attached hydrogens (tertiary/aromatic N) is 1. The second kappa shape index (κ2) is 6.83. The highest BCUT2D eigenvalue weighted by atomic mass is 32.2. The van der Waals surface area contributed by atoms with Crippen LogP contribution in [0.5, 0.6) is 0 Å². The molecule has 0 aliphatic heterocycles. The van der Waals surface area contributed by atoms with Crippen LogP contribution in [-0.2, 0) is 11.3 Å². The molecule has 4 nitrogen and oxygen atoms in total. The van der Waals surface area contributed by atoms with Crippen molar-refractivity contribution in [3.8, 4) is 0 Å². The fourth-order valence-electron chi connectivity index (χ4n) is 1.30. The Bertz CT molecular complexity index is 554. The summed E-state index contributed by atoms with van der Waals surface area (Å²) >= 11 is 4.85. The second-order valence-corrected chi connectivity index (χ2v) is 6.83. The van der Waals surface area contributed by atoms with Gasteiger partial charge in [0.15, 0.2) is 0 Å². The van der Waals surface area contributed by atoms with Crippen molar-refractivity contribution in [2.24, 2.45) is 5.73 Å². The number of aromatic nitrogens is 1. The number of rotatable bonds is 5. The van der Waals surface area contributed by atoms with E-state index in [0.717, 1.165) is 14.1 Å². The highest BCUT2D eigenvalue weighted by Crippen LogP contribution is 2.33. The number of primary amides is 1. The van der Waals surface area contributed by atoms with Crippen LogP contribution in [0.15, 0.2) is 44.5 Å². The number of benzene rings is 1. The molecule has 0 aliphatic rings. The van der Waals surface area contributed by atoms with E-state index < -0.39 is 6.09 Å². The minimum Gasteiger partial charge on any atom is -0.442 e. The molecule has 0 bridgehead atoms. The number of amides is 1. The normalized spacial score (nSPS) is 10.4. The van der Waals surface area contributed by atoms with Crippen LogP contribution in [-0.4, -0.2) is 17.3 Å². The van der Waals surface area contributed by atoms with E-state index in [4.69, 9.17) is 10.5 Å². The van der Waals surface area contributed by atoms with Gasteiger partial charge in [-0.15, -0.1) is 23.1 Å². The monoisotopic (exact) mass is 312 g/mol. The summed E-state index contributed by atoms with van der Waals surface area (Å²) in [5, 5.41) is 0.738. The summed E-state index contributed by atoms with van der Waals surface area (Å²) in [5.74, 6) is 0. The molecule has 100 valence electrons. The lowest BCUT2D eigenvalue weighted by Crippen LogP contribution is -2.12. The first-order valence-electron chi connectivity index (χ1n) is 5.36. The first-order valence-corrected chi connectivity index (χ1v) is 8.22. The van der Waals surface area contributed by atoms with Gasteiger partial charge >= 0.3 is 6.09 Å². The van der Waals surface area contributed by atoms with Crippen LogP contribution in [0.3, 0.4) is 0 Å². The third-order valence-corrected chi connectivity index (χ3v) is 4.97. The summed E-state index contributed by atoms with van der Waals surface area (Å²) < 4.78 is 5.75. The highest BCUT2D eigenvalue weighted by molar-refractivity contribution is 8.01. The Morgan fingerprint density at radius 1 is 1.37 bits per heavy atom. The maximum absolute atomic E-state index is 10.5. The number of hydrogen-bond donors (Lipinski definition) is 1. The molecule has 0 fully saturated rings. The van der Waals surface area contributed by atoms with Gasteiger partial charge in [0.1, 0.15) is 11.6 Å². The van der Waals surface area contributed by atoms with Crippen molar-refractivity contribution in [2.75, 3.05) is 6.26 Å². The molecule has 0 aliphatic carbocycles. The minimum atomic E-state index is -0.781. The predicted molar refractivity (Wildman–Crippen MR) is 78.8 cm³/mol. The van der Waals surface area contributed by atoms with Gasteiger partial charge in [0.05, 0.1) is 10.4 Å². The van der Waals surface area contributed by atoms with Gasteiger partial charge in [-0.05, 0) is 30.5 Å². The summed E-state index contributed by atoms with van der Waals surface area (Å²) in [7, 11) is 0. The van der Waals surface area contributed by atoms with Crippen LogP contribution in [0.4, 0.5) is 4.79 Å². The molecule has 7 heteroatoms. The van der Waals surface area contributed by atoms with E-state index in [1.54, 1.807) is 29.7 Å². The zero-order chi connectivity index (χ0) is 13.7. The van der Waals surface area contributed by atoms with E-state index in [1.165, 1.54) is 16.2 Å². The number of ether oxygens (including phenoxy) is 1. The van der Waals surface area contributed by atoms with Gasteiger partial charge in [-0.3, -0.25) is 0 Å². The molecule has 1 aromatic carbocycles. The quantitative estimate of drug-likeness (QED) is 0.854. The molecule has 1 aromatic heterocycles. The van der Waals surface area contributed by atoms with Gasteiger partial charge in [-0.25, -0.2) is 9.78 Å². The number of thiazole rings is 1. The summed E-state index contributed by atoms with van der Waals surface area (Å²) in [6.07, 6.45) is 3.05. The Morgan fingerprint density at radius 3 is 2.68 bits per heavy atom. The van der Waals surface area contributed by atoms with Crippen LogP contribution in [0, 0.1) is 0 Å². The molecule has 0 radical (unpaired) electrons. The maximum Gasteiger partial charge on any atom is 0.404 e. The Kier molecular flexibility index (Phi) is 5.12. The summed E-state index contributed by atoms with van der Waals surface area (Å²) in [4.78, 5) is 17.1. The molecule has 2 aromatic rings. The lowest BCUT2D eigenvalue weighted by Gasteiger charge is -1.99. The summed E-state index contributed by atoms with van der Waals surface area (Å²) in [6, 6.07) is 8.34. The minimum absolute atomic E-state index is 0.131. The first kappa shape index (κ1) is 14.2. The van der Waals surface area contributed by atoms with E-state index in [0.29, 0.717) is 0 Å². The van der Waals surface area contributed by atoms with Crippen molar-refractivity contribution >= 4 is 41.0 Å². The number of hydrogen-bond acceptors (Lipinski definition) is 6. The molecule has 0 saturated heterocycles. The molecule has 2 rings (SSSR count). The van der Waals surface area contributed by atoms with Gasteiger partial charge in [-0.2, -0.15) is 0 Å². The SMILES string of the molecule is CSc1ccc(Sc2cnc(COC(N)=O)s2)cc1. The topological polar surface area (TPSA) is 65.2 Å². The van der Waals surface area contributed by atoms with Crippen LogP contribution >= 0.6 is 34.9 Å². The van der Waals surface area contributed by atoms with Crippen molar-refractivity contribution < 1.29 is 9.53 Å². The standard InChI is InChI=1S/C12H12N2O2S3/c1-17-8-2-4-9(5-3-8)18-11-6-14-10(19-11)7-16-12(13)15/h2-6H,7H2,1H3,(H2,13,15). The van der Waals surface area contributed by atoms with E-state index in [-0.39, 0.29) is 6.61 Å².